The second-order valence-electron chi connectivity index (χ2n) is 5.91. The van der Waals surface area contributed by atoms with E-state index in [9.17, 15) is 0 Å². The highest BCUT2D eigenvalue weighted by molar-refractivity contribution is 7.15. The Bertz CT molecular complexity index is 371. The summed E-state index contributed by atoms with van der Waals surface area (Å²) >= 11 is 1.84. The summed E-state index contributed by atoms with van der Waals surface area (Å²) in [6.07, 6.45) is 1.18. The molecule has 0 amide bonds. The molecule has 4 heteroatoms. The van der Waals surface area contributed by atoms with Gasteiger partial charge in [-0.15, -0.1) is 11.3 Å². The van der Waals surface area contributed by atoms with Gasteiger partial charge in [-0.1, -0.05) is 34.6 Å². The summed E-state index contributed by atoms with van der Waals surface area (Å²) in [7, 11) is 2.15. The monoisotopic (exact) mass is 283 g/mol. The van der Waals surface area contributed by atoms with E-state index in [0.29, 0.717) is 11.8 Å². The van der Waals surface area contributed by atoms with Gasteiger partial charge in [0.2, 0.25) is 0 Å². The van der Waals surface area contributed by atoms with Gasteiger partial charge in [0.05, 0.1) is 5.69 Å². The second-order valence-corrected chi connectivity index (χ2v) is 6.97. The Labute approximate surface area is 122 Å². The fourth-order valence-electron chi connectivity index (χ4n) is 2.10. The lowest BCUT2D eigenvalue weighted by Crippen LogP contribution is -2.22. The molecule has 0 aliphatic rings. The molecule has 0 atom stereocenters. The van der Waals surface area contributed by atoms with Crippen molar-refractivity contribution < 1.29 is 0 Å². The third kappa shape index (κ3) is 5.11. The van der Waals surface area contributed by atoms with Gasteiger partial charge < -0.3 is 10.2 Å². The van der Waals surface area contributed by atoms with Crippen LogP contribution in [-0.4, -0.2) is 25.1 Å². The Morgan fingerprint density at radius 1 is 1.26 bits per heavy atom. The van der Waals surface area contributed by atoms with Gasteiger partial charge in [0.25, 0.3) is 0 Å². The first kappa shape index (κ1) is 16.4. The van der Waals surface area contributed by atoms with Crippen LogP contribution in [0.15, 0.2) is 0 Å². The zero-order chi connectivity index (χ0) is 14.4. The number of rotatable bonds is 8. The van der Waals surface area contributed by atoms with E-state index in [0.717, 1.165) is 24.8 Å². The molecule has 1 N–H and O–H groups in total. The molecule has 1 heterocycles. The molecule has 0 aliphatic heterocycles. The van der Waals surface area contributed by atoms with Crippen LogP contribution in [0.25, 0.3) is 0 Å². The standard InChI is InChI=1S/C15H29N3S/c1-7-8-16-9-13-14(12(4)5)17-15(19-13)18(6)10-11(2)3/h11-12,16H,7-10H2,1-6H3. The molecule has 0 unspecified atom stereocenters. The molecule has 1 rings (SSSR count). The largest absolute Gasteiger partial charge is 0.351 e. The maximum absolute atomic E-state index is 4.85. The predicted octanol–water partition coefficient (Wildman–Crippen LogP) is 3.86. The van der Waals surface area contributed by atoms with Crippen molar-refractivity contribution in [1.29, 1.82) is 0 Å². The number of nitrogens with one attached hydrogen (secondary N) is 1. The Morgan fingerprint density at radius 3 is 2.47 bits per heavy atom. The summed E-state index contributed by atoms with van der Waals surface area (Å²) in [6.45, 7) is 14.2. The lowest BCUT2D eigenvalue weighted by atomic mass is 10.1. The summed E-state index contributed by atoms with van der Waals surface area (Å²) < 4.78 is 0. The Balaban J connectivity index is 2.81. The van der Waals surface area contributed by atoms with Crippen LogP contribution < -0.4 is 10.2 Å². The van der Waals surface area contributed by atoms with Crippen molar-refractivity contribution >= 4 is 16.5 Å². The topological polar surface area (TPSA) is 28.2 Å². The van der Waals surface area contributed by atoms with E-state index in [1.165, 1.54) is 17.0 Å². The van der Waals surface area contributed by atoms with Crippen LogP contribution in [0, 0.1) is 5.92 Å². The second kappa shape index (κ2) is 7.85. The molecule has 0 saturated carbocycles. The zero-order valence-corrected chi connectivity index (χ0v) is 14.1. The van der Waals surface area contributed by atoms with Gasteiger partial charge in [-0.3, -0.25) is 0 Å². The molecule has 0 saturated heterocycles. The van der Waals surface area contributed by atoms with Crippen molar-refractivity contribution in [1.82, 2.24) is 10.3 Å². The van der Waals surface area contributed by atoms with Crippen LogP contribution >= 0.6 is 11.3 Å². The predicted molar refractivity (Wildman–Crippen MR) is 86.3 cm³/mol. The number of hydrogen-bond acceptors (Lipinski definition) is 4. The van der Waals surface area contributed by atoms with Crippen molar-refractivity contribution in [3.63, 3.8) is 0 Å². The molecular formula is C15H29N3S. The summed E-state index contributed by atoms with van der Waals surface area (Å²) in [5.41, 5.74) is 1.26. The molecular weight excluding hydrogens is 254 g/mol. The number of hydrogen-bond donors (Lipinski definition) is 1. The van der Waals surface area contributed by atoms with Crippen LogP contribution in [0.5, 0.6) is 0 Å². The van der Waals surface area contributed by atoms with Crippen LogP contribution in [0.2, 0.25) is 0 Å². The molecule has 0 fully saturated rings. The van der Waals surface area contributed by atoms with Crippen molar-refractivity contribution in [2.75, 3.05) is 25.0 Å². The highest BCUT2D eigenvalue weighted by Crippen LogP contribution is 2.30. The number of thiazole rings is 1. The summed E-state index contributed by atoms with van der Waals surface area (Å²) in [5, 5.41) is 4.65. The van der Waals surface area contributed by atoms with E-state index in [1.54, 1.807) is 0 Å². The fourth-order valence-corrected chi connectivity index (χ4v) is 3.25. The first-order valence-corrected chi connectivity index (χ1v) is 8.18. The summed E-state index contributed by atoms with van der Waals surface area (Å²) in [6, 6.07) is 0. The fraction of sp³-hybridized carbons (Fsp3) is 0.800. The average Bonchev–Trinajstić information content (AvgIpc) is 2.73. The van der Waals surface area contributed by atoms with Crippen molar-refractivity contribution in [3.8, 4) is 0 Å². The number of nitrogens with zero attached hydrogens (tertiary/aromatic N) is 2. The molecule has 0 bridgehead atoms. The molecule has 0 aromatic carbocycles. The van der Waals surface area contributed by atoms with Crippen molar-refractivity contribution in [2.45, 2.75) is 53.5 Å². The van der Waals surface area contributed by atoms with Crippen LogP contribution in [0.4, 0.5) is 5.13 Å². The van der Waals surface area contributed by atoms with E-state index >= 15 is 0 Å². The first-order chi connectivity index (χ1) is 8.95. The molecule has 0 spiro atoms. The smallest absolute Gasteiger partial charge is 0.185 e. The van der Waals surface area contributed by atoms with Gasteiger partial charge in [0.15, 0.2) is 5.13 Å². The highest BCUT2D eigenvalue weighted by atomic mass is 32.1. The summed E-state index contributed by atoms with van der Waals surface area (Å²) in [5.74, 6) is 1.16. The van der Waals surface area contributed by atoms with Crippen LogP contribution in [-0.2, 0) is 6.54 Å². The Hall–Kier alpha value is -0.610. The van der Waals surface area contributed by atoms with Gasteiger partial charge in [0.1, 0.15) is 0 Å². The molecule has 3 nitrogen and oxygen atoms in total. The third-order valence-corrected chi connectivity index (χ3v) is 4.13. The maximum Gasteiger partial charge on any atom is 0.185 e. The molecule has 1 aromatic heterocycles. The molecule has 110 valence electrons. The van der Waals surface area contributed by atoms with Gasteiger partial charge in [-0.2, -0.15) is 0 Å². The zero-order valence-electron chi connectivity index (χ0n) is 13.3. The Kier molecular flexibility index (Phi) is 6.80. The first-order valence-electron chi connectivity index (χ1n) is 7.37. The Morgan fingerprint density at radius 2 is 1.95 bits per heavy atom. The van der Waals surface area contributed by atoms with E-state index in [2.05, 4.69) is 51.9 Å². The minimum atomic E-state index is 0.496. The van der Waals surface area contributed by atoms with Gasteiger partial charge >= 0.3 is 0 Å². The average molecular weight is 283 g/mol. The van der Waals surface area contributed by atoms with E-state index in [4.69, 9.17) is 4.98 Å². The minimum Gasteiger partial charge on any atom is -0.351 e. The van der Waals surface area contributed by atoms with Crippen molar-refractivity contribution in [3.05, 3.63) is 10.6 Å². The SMILES string of the molecule is CCCNCc1sc(N(C)CC(C)C)nc1C(C)C. The lowest BCUT2D eigenvalue weighted by Gasteiger charge is -2.17. The molecule has 0 aliphatic carbocycles. The van der Waals surface area contributed by atoms with Gasteiger partial charge in [0, 0.05) is 25.0 Å². The van der Waals surface area contributed by atoms with Gasteiger partial charge in [-0.25, -0.2) is 4.98 Å². The quantitative estimate of drug-likeness (QED) is 0.734. The lowest BCUT2D eigenvalue weighted by molar-refractivity contribution is 0.636. The molecule has 0 radical (unpaired) electrons. The molecule has 1 aromatic rings. The maximum atomic E-state index is 4.85. The van der Waals surface area contributed by atoms with E-state index < -0.39 is 0 Å². The van der Waals surface area contributed by atoms with E-state index in [1.807, 2.05) is 11.3 Å². The van der Waals surface area contributed by atoms with Crippen molar-refractivity contribution in [2.24, 2.45) is 5.92 Å². The normalized spacial score (nSPS) is 11.6. The number of anilines is 1. The van der Waals surface area contributed by atoms with Crippen LogP contribution in [0.1, 0.15) is 57.5 Å². The van der Waals surface area contributed by atoms with Crippen LogP contribution in [0.3, 0.4) is 0 Å². The highest BCUT2D eigenvalue weighted by Gasteiger charge is 2.16. The minimum absolute atomic E-state index is 0.496. The third-order valence-electron chi connectivity index (χ3n) is 2.94. The number of aromatic nitrogens is 1. The molecule has 19 heavy (non-hydrogen) atoms. The van der Waals surface area contributed by atoms with E-state index in [-0.39, 0.29) is 0 Å². The summed E-state index contributed by atoms with van der Waals surface area (Å²) in [4.78, 5) is 8.53. The van der Waals surface area contributed by atoms with Gasteiger partial charge in [-0.05, 0) is 24.8 Å².